The third-order valence-corrected chi connectivity index (χ3v) is 4.71. The van der Waals surface area contributed by atoms with E-state index in [-0.39, 0.29) is 12.4 Å². The summed E-state index contributed by atoms with van der Waals surface area (Å²) in [4.78, 5) is 13.0. The maximum atomic E-state index is 10.9. The highest BCUT2D eigenvalue weighted by Crippen LogP contribution is 1.88. The van der Waals surface area contributed by atoms with Gasteiger partial charge >= 0.3 is 5.97 Å². The van der Waals surface area contributed by atoms with Gasteiger partial charge in [0.1, 0.15) is 0 Å². The van der Waals surface area contributed by atoms with Gasteiger partial charge in [-0.15, -0.1) is 0 Å². The lowest BCUT2D eigenvalue weighted by atomic mass is 10.5. The first-order chi connectivity index (χ1) is 19.2. The molecule has 0 bridgehead atoms. The molecule has 0 saturated carbocycles. The van der Waals surface area contributed by atoms with E-state index in [4.69, 9.17) is 47.4 Å². The number of carbonyl (C=O) groups is 1. The molecule has 0 N–H and O–H groups in total. The largest absolute Gasteiger partial charge is 0.469 e. The first-order valence-electron chi connectivity index (χ1n) is 13.7. The fraction of sp³-hybridized carbons (Fsp3) is 0.962. The Labute approximate surface area is 234 Å². The molecule has 0 aromatic carbocycles. The van der Waals surface area contributed by atoms with Crippen molar-refractivity contribution in [2.45, 2.75) is 6.42 Å². The number of methoxy groups -OCH3 is 1. The second-order valence-corrected chi connectivity index (χ2v) is 8.25. The Kier molecular flexibility index (Phi) is 32.4. The van der Waals surface area contributed by atoms with Gasteiger partial charge in [0, 0.05) is 6.54 Å². The van der Waals surface area contributed by atoms with Crippen molar-refractivity contribution in [3.05, 3.63) is 0 Å². The molecule has 234 valence electrons. The summed E-state index contributed by atoms with van der Waals surface area (Å²) >= 11 is 0. The predicted octanol–water partition coefficient (Wildman–Crippen LogP) is 0.277. The molecular formula is C26H53NO12. The van der Waals surface area contributed by atoms with Gasteiger partial charge in [0.25, 0.3) is 0 Å². The van der Waals surface area contributed by atoms with Gasteiger partial charge in [-0.25, -0.2) is 0 Å². The summed E-state index contributed by atoms with van der Waals surface area (Å²) in [5.74, 6) is -0.283. The Hall–Kier alpha value is -0.970. The average Bonchev–Trinajstić information content (AvgIpc) is 2.93. The number of hydrogen-bond acceptors (Lipinski definition) is 13. The van der Waals surface area contributed by atoms with Gasteiger partial charge in [0.05, 0.1) is 146 Å². The van der Waals surface area contributed by atoms with Crippen molar-refractivity contribution in [1.82, 2.24) is 4.90 Å². The molecule has 13 nitrogen and oxygen atoms in total. The zero-order chi connectivity index (χ0) is 28.5. The van der Waals surface area contributed by atoms with Crippen molar-refractivity contribution in [3.63, 3.8) is 0 Å². The lowest BCUT2D eigenvalue weighted by molar-refractivity contribution is -0.141. The van der Waals surface area contributed by atoms with Crippen LogP contribution >= 0.6 is 0 Å². The molecule has 0 unspecified atom stereocenters. The lowest BCUT2D eigenvalue weighted by Gasteiger charge is -2.10. The van der Waals surface area contributed by atoms with E-state index in [1.807, 2.05) is 14.1 Å². The van der Waals surface area contributed by atoms with Gasteiger partial charge < -0.3 is 57.0 Å². The van der Waals surface area contributed by atoms with Crippen LogP contribution in [0, 0.1) is 0 Å². The van der Waals surface area contributed by atoms with Crippen molar-refractivity contribution in [2.75, 3.05) is 160 Å². The Morgan fingerprint density at radius 2 is 0.641 bits per heavy atom. The Morgan fingerprint density at radius 1 is 0.410 bits per heavy atom. The van der Waals surface area contributed by atoms with E-state index in [2.05, 4.69) is 9.64 Å². The molecule has 39 heavy (non-hydrogen) atoms. The molecule has 0 atom stereocenters. The standard InChI is InChI=1S/C26H53NO12/c1-27(2)5-7-31-9-11-33-13-15-35-17-19-37-21-23-39-25-24-38-22-20-36-18-16-34-14-12-32-10-8-30-6-4-26(28)29-3/h4-25H2,1-3H3. The number of esters is 1. The second-order valence-electron chi connectivity index (χ2n) is 8.25. The molecule has 0 saturated heterocycles. The monoisotopic (exact) mass is 571 g/mol. The van der Waals surface area contributed by atoms with Crippen LogP contribution in [-0.4, -0.2) is 171 Å². The van der Waals surface area contributed by atoms with Crippen LogP contribution in [0.25, 0.3) is 0 Å². The zero-order valence-electron chi connectivity index (χ0n) is 24.4. The summed E-state index contributed by atoms with van der Waals surface area (Å²) in [5, 5.41) is 0. The Balaban J connectivity index is 3.04. The van der Waals surface area contributed by atoms with E-state index in [0.29, 0.717) is 132 Å². The molecular weight excluding hydrogens is 518 g/mol. The van der Waals surface area contributed by atoms with E-state index < -0.39 is 0 Å². The van der Waals surface area contributed by atoms with Gasteiger partial charge in [-0.1, -0.05) is 0 Å². The summed E-state index contributed by atoms with van der Waals surface area (Å²) in [6.45, 7) is 11.2. The molecule has 0 spiro atoms. The maximum Gasteiger partial charge on any atom is 0.307 e. The van der Waals surface area contributed by atoms with Gasteiger partial charge in [0.2, 0.25) is 0 Å². The highest BCUT2D eigenvalue weighted by Gasteiger charge is 1.99. The highest BCUT2D eigenvalue weighted by atomic mass is 16.6. The third kappa shape index (κ3) is 35.0. The van der Waals surface area contributed by atoms with Crippen LogP contribution in [0.4, 0.5) is 0 Å². The van der Waals surface area contributed by atoms with Crippen molar-refractivity contribution in [2.24, 2.45) is 0 Å². The van der Waals surface area contributed by atoms with Gasteiger partial charge in [-0.2, -0.15) is 0 Å². The number of nitrogens with zero attached hydrogens (tertiary/aromatic N) is 1. The minimum Gasteiger partial charge on any atom is -0.469 e. The minimum atomic E-state index is -0.283. The van der Waals surface area contributed by atoms with Crippen LogP contribution in [0.2, 0.25) is 0 Å². The minimum absolute atomic E-state index is 0.248. The Bertz CT molecular complexity index is 488. The van der Waals surface area contributed by atoms with Crippen LogP contribution in [0.3, 0.4) is 0 Å². The van der Waals surface area contributed by atoms with Crippen molar-refractivity contribution in [1.29, 1.82) is 0 Å². The molecule has 0 amide bonds. The third-order valence-electron chi connectivity index (χ3n) is 4.71. The topological polar surface area (TPSA) is 122 Å². The fourth-order valence-corrected chi connectivity index (χ4v) is 2.59. The molecule has 13 heteroatoms. The SMILES string of the molecule is COC(=O)CCOCCOCCOCCOCCOCCOCCOCCOCCOCCOCCN(C)C. The van der Waals surface area contributed by atoms with E-state index in [1.165, 1.54) is 7.11 Å². The Morgan fingerprint density at radius 3 is 0.872 bits per heavy atom. The predicted molar refractivity (Wildman–Crippen MR) is 143 cm³/mol. The highest BCUT2D eigenvalue weighted by molar-refractivity contribution is 5.69. The second kappa shape index (κ2) is 33.2. The number of rotatable bonds is 33. The van der Waals surface area contributed by atoms with Gasteiger partial charge in [0.15, 0.2) is 0 Å². The summed E-state index contributed by atoms with van der Waals surface area (Å²) in [6, 6.07) is 0. The normalized spacial score (nSPS) is 11.5. The van der Waals surface area contributed by atoms with Crippen molar-refractivity contribution >= 4 is 5.97 Å². The molecule has 0 fully saturated rings. The van der Waals surface area contributed by atoms with Crippen LogP contribution in [0.1, 0.15) is 6.42 Å². The lowest BCUT2D eigenvalue weighted by Crippen LogP contribution is -2.19. The van der Waals surface area contributed by atoms with E-state index >= 15 is 0 Å². The van der Waals surface area contributed by atoms with E-state index in [1.54, 1.807) is 0 Å². The molecule has 0 heterocycles. The van der Waals surface area contributed by atoms with Crippen LogP contribution < -0.4 is 0 Å². The number of likely N-dealkylation sites (N-methyl/N-ethyl adjacent to an activating group) is 1. The molecule has 0 aliphatic rings. The molecule has 0 aromatic rings. The molecule has 0 aromatic heterocycles. The smallest absolute Gasteiger partial charge is 0.307 e. The quantitative estimate of drug-likeness (QED) is 0.0792. The van der Waals surface area contributed by atoms with Crippen LogP contribution in [-0.2, 0) is 56.9 Å². The van der Waals surface area contributed by atoms with Gasteiger partial charge in [-0.3, -0.25) is 4.79 Å². The summed E-state index contributed by atoms with van der Waals surface area (Å²) in [5.41, 5.74) is 0. The fourth-order valence-electron chi connectivity index (χ4n) is 2.59. The summed E-state index contributed by atoms with van der Waals surface area (Å²) in [6.07, 6.45) is 0.248. The number of ether oxygens (including phenoxy) is 11. The summed E-state index contributed by atoms with van der Waals surface area (Å²) in [7, 11) is 5.39. The summed E-state index contributed by atoms with van der Waals surface area (Å²) < 4.78 is 58.7. The molecule has 0 aliphatic heterocycles. The van der Waals surface area contributed by atoms with E-state index in [0.717, 1.165) is 6.54 Å². The average molecular weight is 572 g/mol. The first-order valence-corrected chi connectivity index (χ1v) is 13.7. The zero-order valence-corrected chi connectivity index (χ0v) is 24.4. The van der Waals surface area contributed by atoms with Crippen LogP contribution in [0.15, 0.2) is 0 Å². The molecule has 0 aliphatic carbocycles. The maximum absolute atomic E-state index is 10.9. The molecule has 0 radical (unpaired) electrons. The molecule has 0 rings (SSSR count). The first kappa shape index (κ1) is 38.0. The van der Waals surface area contributed by atoms with Crippen LogP contribution in [0.5, 0.6) is 0 Å². The number of carbonyl (C=O) groups excluding carboxylic acids is 1. The van der Waals surface area contributed by atoms with Crippen molar-refractivity contribution < 1.29 is 56.9 Å². The number of hydrogen-bond donors (Lipinski definition) is 0. The van der Waals surface area contributed by atoms with E-state index in [9.17, 15) is 4.79 Å². The van der Waals surface area contributed by atoms with Gasteiger partial charge in [-0.05, 0) is 14.1 Å². The van der Waals surface area contributed by atoms with Crippen molar-refractivity contribution in [3.8, 4) is 0 Å².